The van der Waals surface area contributed by atoms with Crippen molar-refractivity contribution in [1.29, 1.82) is 0 Å². The summed E-state index contributed by atoms with van der Waals surface area (Å²) >= 11 is 0. The van der Waals surface area contributed by atoms with Crippen LogP contribution in [0.2, 0.25) is 0 Å². The smallest absolute Gasteiger partial charge is 0.311 e. The summed E-state index contributed by atoms with van der Waals surface area (Å²) in [5, 5.41) is 8.51. The number of hydrogen-bond donors (Lipinski definition) is 1. The summed E-state index contributed by atoms with van der Waals surface area (Å²) in [6.45, 7) is 4.87. The number of rotatable bonds is 14. The molecule has 5 heteroatoms. The van der Waals surface area contributed by atoms with E-state index >= 15 is 0 Å². The number of carbonyl (C=O) groups is 2. The van der Waals surface area contributed by atoms with E-state index in [9.17, 15) is 9.59 Å². The van der Waals surface area contributed by atoms with E-state index in [0.29, 0.717) is 19.4 Å². The predicted octanol–water partition coefficient (Wildman–Crippen LogP) is 4.00. The Bertz CT molecular complexity index is 340. The van der Waals surface area contributed by atoms with Crippen molar-refractivity contribution in [2.24, 2.45) is 4.99 Å². The summed E-state index contributed by atoms with van der Waals surface area (Å²) in [4.78, 5) is 26.0. The zero-order chi connectivity index (χ0) is 16.6. The molecule has 0 aliphatic carbocycles. The third kappa shape index (κ3) is 15.0. The molecule has 1 N–H and O–H groups in total. The molecule has 0 bridgehead atoms. The quantitative estimate of drug-likeness (QED) is 0.299. The standard InChI is InChI=1S/C17H31NO4/c1-3-22-17(21)14-15(2)18-13-11-9-7-5-4-6-8-10-12-16(19)20/h3-14H2,1-2H3,(H,19,20). The molecule has 0 saturated carbocycles. The number of hydrogen-bond acceptors (Lipinski definition) is 4. The second-order valence-electron chi connectivity index (χ2n) is 5.57. The highest BCUT2D eigenvalue weighted by Gasteiger charge is 2.03. The summed E-state index contributed by atoms with van der Waals surface area (Å²) in [6.07, 6.45) is 9.34. The minimum Gasteiger partial charge on any atom is -0.481 e. The molecule has 5 nitrogen and oxygen atoms in total. The van der Waals surface area contributed by atoms with Crippen LogP contribution < -0.4 is 0 Å². The Morgan fingerprint density at radius 1 is 0.955 bits per heavy atom. The number of ether oxygens (including phenoxy) is 1. The average Bonchev–Trinajstić information content (AvgIpc) is 2.44. The van der Waals surface area contributed by atoms with E-state index in [4.69, 9.17) is 9.84 Å². The predicted molar refractivity (Wildman–Crippen MR) is 88.4 cm³/mol. The Morgan fingerprint density at radius 3 is 2.05 bits per heavy atom. The zero-order valence-corrected chi connectivity index (χ0v) is 14.1. The van der Waals surface area contributed by atoms with E-state index in [0.717, 1.165) is 44.4 Å². The van der Waals surface area contributed by atoms with Gasteiger partial charge in [0.1, 0.15) is 0 Å². The molecule has 0 aromatic carbocycles. The monoisotopic (exact) mass is 313 g/mol. The summed E-state index contributed by atoms with van der Waals surface area (Å²) in [6, 6.07) is 0. The van der Waals surface area contributed by atoms with E-state index in [-0.39, 0.29) is 5.97 Å². The molecule has 0 atom stereocenters. The number of carbonyl (C=O) groups excluding carboxylic acids is 1. The fraction of sp³-hybridized carbons (Fsp3) is 0.824. The fourth-order valence-electron chi connectivity index (χ4n) is 2.20. The first-order chi connectivity index (χ1) is 10.6. The van der Waals surface area contributed by atoms with Crippen LogP contribution in [-0.2, 0) is 14.3 Å². The van der Waals surface area contributed by atoms with E-state index in [1.165, 1.54) is 19.3 Å². The first-order valence-electron chi connectivity index (χ1n) is 8.43. The highest BCUT2D eigenvalue weighted by Crippen LogP contribution is 2.09. The number of unbranched alkanes of at least 4 members (excludes halogenated alkanes) is 7. The van der Waals surface area contributed by atoms with Crippen LogP contribution >= 0.6 is 0 Å². The van der Waals surface area contributed by atoms with Gasteiger partial charge in [0, 0.05) is 18.7 Å². The maximum Gasteiger partial charge on any atom is 0.311 e. The van der Waals surface area contributed by atoms with Crippen molar-refractivity contribution in [2.45, 2.75) is 78.1 Å². The average molecular weight is 313 g/mol. The third-order valence-corrected chi connectivity index (χ3v) is 3.39. The first kappa shape index (κ1) is 20.6. The van der Waals surface area contributed by atoms with Crippen molar-refractivity contribution >= 4 is 17.7 Å². The summed E-state index contributed by atoms with van der Waals surface area (Å²) in [5.74, 6) is -0.898. The van der Waals surface area contributed by atoms with Gasteiger partial charge in [-0.1, -0.05) is 38.5 Å². The van der Waals surface area contributed by atoms with Gasteiger partial charge in [-0.15, -0.1) is 0 Å². The SMILES string of the molecule is CCOC(=O)CC(C)=NCCCCCCCCCCC(=O)O. The Hall–Kier alpha value is -1.39. The maximum atomic E-state index is 11.2. The lowest BCUT2D eigenvalue weighted by atomic mass is 10.1. The van der Waals surface area contributed by atoms with Gasteiger partial charge in [0.25, 0.3) is 0 Å². The Kier molecular flexibility index (Phi) is 13.6. The molecule has 0 aliphatic heterocycles. The van der Waals surface area contributed by atoms with Gasteiger partial charge in [-0.3, -0.25) is 14.6 Å². The Labute approximate surface area is 134 Å². The van der Waals surface area contributed by atoms with Gasteiger partial charge in [-0.25, -0.2) is 0 Å². The minimum absolute atomic E-state index is 0.202. The second kappa shape index (κ2) is 14.5. The molecular formula is C17H31NO4. The maximum absolute atomic E-state index is 11.2. The molecular weight excluding hydrogens is 282 g/mol. The number of carboxylic acid groups (broad SMARTS) is 1. The van der Waals surface area contributed by atoms with Gasteiger partial charge >= 0.3 is 11.9 Å². The lowest BCUT2D eigenvalue weighted by molar-refractivity contribution is -0.141. The van der Waals surface area contributed by atoms with Crippen molar-refractivity contribution < 1.29 is 19.4 Å². The van der Waals surface area contributed by atoms with Gasteiger partial charge in [0.2, 0.25) is 0 Å². The molecule has 0 rings (SSSR count). The molecule has 0 unspecified atom stereocenters. The molecule has 0 saturated heterocycles. The molecule has 0 radical (unpaired) electrons. The summed E-state index contributed by atoms with van der Waals surface area (Å²) < 4.78 is 4.87. The second-order valence-corrected chi connectivity index (χ2v) is 5.57. The van der Waals surface area contributed by atoms with E-state index in [1.807, 2.05) is 6.92 Å². The van der Waals surface area contributed by atoms with Crippen molar-refractivity contribution in [1.82, 2.24) is 0 Å². The molecule has 0 aromatic rings. The summed E-state index contributed by atoms with van der Waals surface area (Å²) in [5.41, 5.74) is 0.844. The number of carboxylic acids is 1. The number of aliphatic imine (C=N–C) groups is 1. The largest absolute Gasteiger partial charge is 0.481 e. The molecule has 128 valence electrons. The molecule has 0 heterocycles. The van der Waals surface area contributed by atoms with Crippen LogP contribution in [0.15, 0.2) is 4.99 Å². The van der Waals surface area contributed by atoms with E-state index < -0.39 is 5.97 Å². The van der Waals surface area contributed by atoms with Crippen LogP contribution in [0.25, 0.3) is 0 Å². The molecule has 0 spiro atoms. The van der Waals surface area contributed by atoms with Crippen LogP contribution in [-0.4, -0.2) is 35.9 Å². The minimum atomic E-state index is -0.696. The fourth-order valence-corrected chi connectivity index (χ4v) is 2.20. The third-order valence-electron chi connectivity index (χ3n) is 3.39. The van der Waals surface area contributed by atoms with E-state index in [2.05, 4.69) is 4.99 Å². The lowest BCUT2D eigenvalue weighted by Gasteiger charge is -2.03. The van der Waals surface area contributed by atoms with Gasteiger partial charge in [-0.2, -0.15) is 0 Å². The van der Waals surface area contributed by atoms with Crippen molar-refractivity contribution in [2.75, 3.05) is 13.2 Å². The van der Waals surface area contributed by atoms with Gasteiger partial charge in [0.15, 0.2) is 0 Å². The molecule has 22 heavy (non-hydrogen) atoms. The Morgan fingerprint density at radius 2 is 1.50 bits per heavy atom. The summed E-state index contributed by atoms with van der Waals surface area (Å²) in [7, 11) is 0. The van der Waals surface area contributed by atoms with Crippen LogP contribution in [0.4, 0.5) is 0 Å². The van der Waals surface area contributed by atoms with Crippen LogP contribution in [0, 0.1) is 0 Å². The van der Waals surface area contributed by atoms with Gasteiger partial charge in [-0.05, 0) is 26.7 Å². The number of aliphatic carboxylic acids is 1. The number of esters is 1. The normalized spacial score (nSPS) is 11.5. The van der Waals surface area contributed by atoms with Crippen molar-refractivity contribution in [3.63, 3.8) is 0 Å². The van der Waals surface area contributed by atoms with Crippen LogP contribution in [0.5, 0.6) is 0 Å². The zero-order valence-electron chi connectivity index (χ0n) is 14.1. The molecule has 0 aromatic heterocycles. The van der Waals surface area contributed by atoms with Crippen LogP contribution in [0.1, 0.15) is 78.1 Å². The van der Waals surface area contributed by atoms with Gasteiger partial charge < -0.3 is 9.84 Å². The highest BCUT2D eigenvalue weighted by molar-refractivity contribution is 5.97. The van der Waals surface area contributed by atoms with Gasteiger partial charge in [0.05, 0.1) is 13.0 Å². The number of nitrogens with zero attached hydrogens (tertiary/aromatic N) is 1. The molecule has 0 aliphatic rings. The van der Waals surface area contributed by atoms with Crippen LogP contribution in [0.3, 0.4) is 0 Å². The lowest BCUT2D eigenvalue weighted by Crippen LogP contribution is -2.09. The molecule has 0 amide bonds. The van der Waals surface area contributed by atoms with Crippen molar-refractivity contribution in [3.05, 3.63) is 0 Å². The molecule has 0 fully saturated rings. The Balaban J connectivity index is 3.35. The topological polar surface area (TPSA) is 76.0 Å². The first-order valence-corrected chi connectivity index (χ1v) is 8.43. The highest BCUT2D eigenvalue weighted by atomic mass is 16.5. The van der Waals surface area contributed by atoms with E-state index in [1.54, 1.807) is 6.92 Å². The van der Waals surface area contributed by atoms with Crippen molar-refractivity contribution in [3.8, 4) is 0 Å².